The second-order valence-electron chi connectivity index (χ2n) is 4.64. The Kier molecular flexibility index (Phi) is 5.52. The van der Waals surface area contributed by atoms with Crippen molar-refractivity contribution in [2.45, 2.75) is 11.3 Å². The molecular formula is C13H20N2O4S. The van der Waals surface area contributed by atoms with Gasteiger partial charge in [-0.05, 0) is 24.6 Å². The van der Waals surface area contributed by atoms with E-state index in [-0.39, 0.29) is 22.1 Å². The van der Waals surface area contributed by atoms with Crippen LogP contribution in [0.15, 0.2) is 23.1 Å². The van der Waals surface area contributed by atoms with Gasteiger partial charge in [0.15, 0.2) is 9.84 Å². The van der Waals surface area contributed by atoms with Crippen LogP contribution in [0.1, 0.15) is 16.8 Å². The number of ether oxygens (including phenoxy) is 1. The third-order valence-electron chi connectivity index (χ3n) is 2.79. The van der Waals surface area contributed by atoms with Crippen LogP contribution in [0.4, 0.5) is 5.69 Å². The second kappa shape index (κ2) is 6.71. The summed E-state index contributed by atoms with van der Waals surface area (Å²) in [6.45, 7) is 1.08. The first-order valence-electron chi connectivity index (χ1n) is 6.10. The average Bonchev–Trinajstić information content (AvgIpc) is 2.36. The maximum atomic E-state index is 12.2. The number of methoxy groups -OCH3 is 1. The third kappa shape index (κ3) is 4.50. The van der Waals surface area contributed by atoms with Crippen molar-refractivity contribution in [1.29, 1.82) is 0 Å². The molecule has 0 aliphatic rings. The lowest BCUT2D eigenvalue weighted by Crippen LogP contribution is -2.28. The topological polar surface area (TPSA) is 89.7 Å². The molecule has 0 saturated carbocycles. The number of anilines is 1. The van der Waals surface area contributed by atoms with Crippen molar-refractivity contribution in [2.24, 2.45) is 0 Å². The monoisotopic (exact) mass is 300 g/mol. The van der Waals surface area contributed by atoms with E-state index in [2.05, 4.69) is 0 Å². The molecule has 0 aromatic heterocycles. The van der Waals surface area contributed by atoms with E-state index in [0.29, 0.717) is 19.6 Å². The summed E-state index contributed by atoms with van der Waals surface area (Å²) in [4.78, 5) is 13.8. The highest BCUT2D eigenvalue weighted by Gasteiger charge is 2.16. The molecule has 6 nitrogen and oxygen atoms in total. The predicted molar refractivity (Wildman–Crippen MR) is 77.4 cm³/mol. The molecule has 0 saturated heterocycles. The van der Waals surface area contributed by atoms with Crippen LogP contribution in [-0.2, 0) is 14.6 Å². The maximum absolute atomic E-state index is 12.2. The van der Waals surface area contributed by atoms with Crippen molar-refractivity contribution < 1.29 is 17.9 Å². The van der Waals surface area contributed by atoms with Gasteiger partial charge in [-0.25, -0.2) is 8.42 Å². The van der Waals surface area contributed by atoms with Crippen molar-refractivity contribution in [3.8, 4) is 0 Å². The molecule has 0 aliphatic heterocycles. The number of amides is 1. The lowest BCUT2D eigenvalue weighted by Gasteiger charge is -2.17. The van der Waals surface area contributed by atoms with E-state index in [0.717, 1.165) is 6.26 Å². The Labute approximate surface area is 119 Å². The number of benzene rings is 1. The summed E-state index contributed by atoms with van der Waals surface area (Å²) in [6, 6.07) is 4.17. The Bertz CT molecular complexity index is 584. The van der Waals surface area contributed by atoms with Gasteiger partial charge in [0.1, 0.15) is 0 Å². The fraction of sp³-hybridized carbons (Fsp3) is 0.462. The Balaban J connectivity index is 2.96. The molecule has 2 N–H and O–H groups in total. The molecule has 0 bridgehead atoms. The number of nitrogens with two attached hydrogens (primary N) is 1. The summed E-state index contributed by atoms with van der Waals surface area (Å²) >= 11 is 0. The maximum Gasteiger partial charge on any atom is 0.253 e. The molecule has 20 heavy (non-hydrogen) atoms. The van der Waals surface area contributed by atoms with Crippen LogP contribution in [0, 0.1) is 0 Å². The van der Waals surface area contributed by atoms with E-state index < -0.39 is 9.84 Å². The van der Waals surface area contributed by atoms with Gasteiger partial charge in [-0.15, -0.1) is 0 Å². The summed E-state index contributed by atoms with van der Waals surface area (Å²) in [5, 5.41) is 0. The van der Waals surface area contributed by atoms with Gasteiger partial charge in [0.05, 0.1) is 4.90 Å². The molecule has 112 valence electrons. The number of nitrogens with zero attached hydrogens (tertiary/aromatic N) is 1. The number of hydrogen-bond donors (Lipinski definition) is 1. The second-order valence-corrected chi connectivity index (χ2v) is 6.65. The fourth-order valence-electron chi connectivity index (χ4n) is 1.73. The summed E-state index contributed by atoms with van der Waals surface area (Å²) in [5.41, 5.74) is 6.18. The zero-order valence-corrected chi connectivity index (χ0v) is 12.7. The number of carbonyl (C=O) groups excluding carboxylic acids is 1. The van der Waals surface area contributed by atoms with Gasteiger partial charge in [-0.1, -0.05) is 0 Å². The summed E-state index contributed by atoms with van der Waals surface area (Å²) in [7, 11) is -0.149. The molecule has 0 heterocycles. The predicted octanol–water partition coefficient (Wildman–Crippen LogP) is 0.781. The molecular weight excluding hydrogens is 280 g/mol. The van der Waals surface area contributed by atoms with Crippen molar-refractivity contribution in [1.82, 2.24) is 4.90 Å². The third-order valence-corrected chi connectivity index (χ3v) is 3.88. The molecule has 0 unspecified atom stereocenters. The number of rotatable bonds is 6. The van der Waals surface area contributed by atoms with Crippen LogP contribution < -0.4 is 5.73 Å². The average molecular weight is 300 g/mol. The van der Waals surface area contributed by atoms with Crippen LogP contribution >= 0.6 is 0 Å². The summed E-state index contributed by atoms with van der Waals surface area (Å²) in [6.07, 6.45) is 1.79. The molecule has 1 aromatic carbocycles. The van der Waals surface area contributed by atoms with Crippen molar-refractivity contribution in [3.63, 3.8) is 0 Å². The van der Waals surface area contributed by atoms with E-state index in [1.54, 1.807) is 14.2 Å². The van der Waals surface area contributed by atoms with Crippen LogP contribution in [0.2, 0.25) is 0 Å². The van der Waals surface area contributed by atoms with Gasteiger partial charge in [-0.3, -0.25) is 4.79 Å². The zero-order valence-electron chi connectivity index (χ0n) is 11.9. The molecule has 7 heteroatoms. The number of sulfone groups is 1. The van der Waals surface area contributed by atoms with Gasteiger partial charge in [0.25, 0.3) is 5.91 Å². The normalized spacial score (nSPS) is 11.3. The molecule has 0 fully saturated rings. The lowest BCUT2D eigenvalue weighted by molar-refractivity contribution is 0.0779. The Morgan fingerprint density at radius 3 is 2.55 bits per heavy atom. The van der Waals surface area contributed by atoms with Crippen molar-refractivity contribution >= 4 is 21.4 Å². The highest BCUT2D eigenvalue weighted by molar-refractivity contribution is 7.90. The molecule has 0 radical (unpaired) electrons. The molecule has 0 atom stereocenters. The van der Waals surface area contributed by atoms with Gasteiger partial charge in [0.2, 0.25) is 0 Å². The largest absolute Gasteiger partial charge is 0.399 e. The number of nitrogen functional groups attached to an aromatic ring is 1. The van der Waals surface area contributed by atoms with Crippen LogP contribution in [0.5, 0.6) is 0 Å². The molecule has 0 spiro atoms. The SMILES string of the molecule is COCCCN(C)C(=O)c1cc(N)cc(S(C)(=O)=O)c1. The first kappa shape index (κ1) is 16.5. The van der Waals surface area contributed by atoms with Gasteiger partial charge >= 0.3 is 0 Å². The minimum atomic E-state index is -3.40. The Morgan fingerprint density at radius 1 is 1.35 bits per heavy atom. The highest BCUT2D eigenvalue weighted by Crippen LogP contribution is 2.18. The molecule has 0 aliphatic carbocycles. The van der Waals surface area contributed by atoms with Crippen LogP contribution in [0.3, 0.4) is 0 Å². The smallest absolute Gasteiger partial charge is 0.253 e. The first-order chi connectivity index (χ1) is 9.25. The van der Waals surface area contributed by atoms with Crippen LogP contribution in [0.25, 0.3) is 0 Å². The van der Waals surface area contributed by atoms with E-state index in [1.807, 2.05) is 0 Å². The Hall–Kier alpha value is -1.60. The van der Waals surface area contributed by atoms with Gasteiger partial charge < -0.3 is 15.4 Å². The van der Waals surface area contributed by atoms with Gasteiger partial charge in [-0.2, -0.15) is 0 Å². The zero-order chi connectivity index (χ0) is 15.3. The van der Waals surface area contributed by atoms with Gasteiger partial charge in [0, 0.05) is 44.8 Å². The lowest BCUT2D eigenvalue weighted by atomic mass is 10.2. The summed E-state index contributed by atoms with van der Waals surface area (Å²) in [5.74, 6) is -0.265. The number of carbonyl (C=O) groups is 1. The summed E-state index contributed by atoms with van der Waals surface area (Å²) < 4.78 is 28.0. The Morgan fingerprint density at radius 2 is 2.00 bits per heavy atom. The first-order valence-corrected chi connectivity index (χ1v) is 8.00. The fourth-order valence-corrected chi connectivity index (χ4v) is 2.42. The van der Waals surface area contributed by atoms with E-state index >= 15 is 0 Å². The molecule has 1 rings (SSSR count). The van der Waals surface area contributed by atoms with E-state index in [1.165, 1.54) is 23.1 Å². The minimum Gasteiger partial charge on any atom is -0.399 e. The standard InChI is InChI=1S/C13H20N2O4S/c1-15(5-4-6-19-2)13(16)10-7-11(14)9-12(8-10)20(3,17)18/h7-9H,4-6,14H2,1-3H3. The highest BCUT2D eigenvalue weighted by atomic mass is 32.2. The van der Waals surface area contributed by atoms with Crippen molar-refractivity contribution in [3.05, 3.63) is 23.8 Å². The number of hydrogen-bond acceptors (Lipinski definition) is 5. The molecule has 1 amide bonds. The van der Waals surface area contributed by atoms with Crippen molar-refractivity contribution in [2.75, 3.05) is 39.3 Å². The minimum absolute atomic E-state index is 0.0474. The van der Waals surface area contributed by atoms with Crippen LogP contribution in [-0.4, -0.2) is 52.8 Å². The quantitative estimate of drug-likeness (QED) is 0.619. The van der Waals surface area contributed by atoms with E-state index in [4.69, 9.17) is 10.5 Å². The molecule has 1 aromatic rings. The van der Waals surface area contributed by atoms with E-state index in [9.17, 15) is 13.2 Å².